The molecule has 21 heavy (non-hydrogen) atoms. The normalized spacial score (nSPS) is 20.6. The van der Waals surface area contributed by atoms with E-state index in [1.54, 1.807) is 30.3 Å². The second-order valence-corrected chi connectivity index (χ2v) is 5.36. The molecule has 0 bridgehead atoms. The van der Waals surface area contributed by atoms with Crippen molar-refractivity contribution < 1.29 is 14.6 Å². The van der Waals surface area contributed by atoms with Gasteiger partial charge in [0.05, 0.1) is 0 Å². The summed E-state index contributed by atoms with van der Waals surface area (Å²) in [6, 6.07) is 12.8. The number of carbonyl (C=O) groups is 1. The summed E-state index contributed by atoms with van der Waals surface area (Å²) in [7, 11) is 0. The van der Waals surface area contributed by atoms with Gasteiger partial charge in [-0.1, -0.05) is 35.9 Å². The van der Waals surface area contributed by atoms with Crippen molar-refractivity contribution in [2.45, 2.75) is 19.4 Å². The van der Waals surface area contributed by atoms with Gasteiger partial charge in [0.25, 0.3) is 0 Å². The van der Waals surface area contributed by atoms with E-state index in [0.29, 0.717) is 0 Å². The SMILES string of the molecule is Cc1ccc(C2(c3ccc(O)cc3)C=CC(=O)O2)c(C)c1. The van der Waals surface area contributed by atoms with Crippen LogP contribution in [0.5, 0.6) is 5.75 Å². The van der Waals surface area contributed by atoms with Gasteiger partial charge in [-0.3, -0.25) is 0 Å². The lowest BCUT2D eigenvalue weighted by Crippen LogP contribution is -2.28. The summed E-state index contributed by atoms with van der Waals surface area (Å²) in [6.07, 6.45) is 3.23. The fraction of sp³-hybridized carbons (Fsp3) is 0.167. The number of aromatic hydroxyl groups is 1. The highest BCUT2D eigenvalue weighted by atomic mass is 16.6. The number of hydrogen-bond donors (Lipinski definition) is 1. The Balaban J connectivity index is 2.21. The molecule has 0 saturated carbocycles. The summed E-state index contributed by atoms with van der Waals surface area (Å²) in [6.45, 7) is 4.03. The van der Waals surface area contributed by atoms with Crippen molar-refractivity contribution in [2.24, 2.45) is 0 Å². The Morgan fingerprint density at radius 2 is 1.76 bits per heavy atom. The molecule has 1 unspecified atom stereocenters. The molecule has 1 aliphatic rings. The minimum absolute atomic E-state index is 0.183. The highest BCUT2D eigenvalue weighted by Gasteiger charge is 2.40. The zero-order valence-corrected chi connectivity index (χ0v) is 12.0. The van der Waals surface area contributed by atoms with Crippen LogP contribution in [0.3, 0.4) is 0 Å². The number of esters is 1. The molecule has 0 aromatic heterocycles. The molecular formula is C18H16O3. The third kappa shape index (κ3) is 2.21. The van der Waals surface area contributed by atoms with E-state index in [4.69, 9.17) is 4.74 Å². The van der Waals surface area contributed by atoms with Crippen LogP contribution in [0, 0.1) is 13.8 Å². The molecule has 3 rings (SSSR count). The monoisotopic (exact) mass is 280 g/mol. The lowest BCUT2D eigenvalue weighted by atomic mass is 9.83. The lowest BCUT2D eigenvalue weighted by molar-refractivity contribution is -0.143. The standard InChI is InChI=1S/C18H16O3/c1-12-3-8-16(13(2)11-12)18(10-9-17(20)21-18)14-4-6-15(19)7-5-14/h3-11,19H,1-2H3. The molecule has 0 saturated heterocycles. The van der Waals surface area contributed by atoms with E-state index in [1.165, 1.54) is 6.08 Å². The molecule has 1 atom stereocenters. The van der Waals surface area contributed by atoms with Crippen LogP contribution in [-0.4, -0.2) is 11.1 Å². The molecule has 3 heteroatoms. The number of hydrogen-bond acceptors (Lipinski definition) is 3. The molecule has 3 nitrogen and oxygen atoms in total. The summed E-state index contributed by atoms with van der Waals surface area (Å²) >= 11 is 0. The van der Waals surface area contributed by atoms with Crippen molar-refractivity contribution >= 4 is 5.97 Å². The van der Waals surface area contributed by atoms with Crippen LogP contribution in [0.4, 0.5) is 0 Å². The molecule has 0 radical (unpaired) electrons. The minimum atomic E-state index is -0.914. The van der Waals surface area contributed by atoms with Gasteiger partial charge in [0.2, 0.25) is 0 Å². The average Bonchev–Trinajstić information content (AvgIpc) is 2.82. The smallest absolute Gasteiger partial charge is 0.332 e. The molecule has 106 valence electrons. The van der Waals surface area contributed by atoms with Crippen LogP contribution in [0.2, 0.25) is 0 Å². The maximum atomic E-state index is 11.7. The summed E-state index contributed by atoms with van der Waals surface area (Å²) < 4.78 is 5.65. The molecule has 0 spiro atoms. The van der Waals surface area contributed by atoms with Crippen LogP contribution in [0.15, 0.2) is 54.6 Å². The first-order valence-electron chi connectivity index (χ1n) is 6.81. The van der Waals surface area contributed by atoms with Crippen LogP contribution < -0.4 is 0 Å². The molecule has 0 aliphatic carbocycles. The van der Waals surface area contributed by atoms with Gasteiger partial charge in [0, 0.05) is 17.2 Å². The van der Waals surface area contributed by atoms with Crippen molar-refractivity contribution in [2.75, 3.05) is 0 Å². The predicted octanol–water partition coefficient (Wildman–Crippen LogP) is 3.37. The molecule has 0 amide bonds. The Morgan fingerprint density at radius 3 is 2.33 bits per heavy atom. The number of cyclic esters (lactones) is 1. The van der Waals surface area contributed by atoms with E-state index >= 15 is 0 Å². The highest BCUT2D eigenvalue weighted by Crippen LogP contribution is 2.40. The highest BCUT2D eigenvalue weighted by molar-refractivity contribution is 5.86. The first kappa shape index (κ1) is 13.4. The molecular weight excluding hydrogens is 264 g/mol. The number of rotatable bonds is 2. The number of aryl methyl sites for hydroxylation is 2. The van der Waals surface area contributed by atoms with Gasteiger partial charge >= 0.3 is 5.97 Å². The molecule has 1 heterocycles. The number of benzene rings is 2. The quantitative estimate of drug-likeness (QED) is 0.858. The van der Waals surface area contributed by atoms with Crippen molar-refractivity contribution in [1.82, 2.24) is 0 Å². The number of phenolic OH excluding ortho intramolecular Hbond substituents is 1. The maximum Gasteiger partial charge on any atom is 0.332 e. The summed E-state index contributed by atoms with van der Waals surface area (Å²) in [5.41, 5.74) is 3.05. The van der Waals surface area contributed by atoms with Gasteiger partial charge in [-0.2, -0.15) is 0 Å². The third-order valence-corrected chi connectivity index (χ3v) is 3.79. The van der Waals surface area contributed by atoms with Crippen molar-refractivity contribution in [3.05, 3.63) is 76.9 Å². The molecule has 2 aromatic rings. The first-order valence-corrected chi connectivity index (χ1v) is 6.81. The van der Waals surface area contributed by atoms with Crippen LogP contribution in [0.25, 0.3) is 0 Å². The number of carbonyl (C=O) groups excluding carboxylic acids is 1. The summed E-state index contributed by atoms with van der Waals surface area (Å²) in [4.78, 5) is 11.7. The zero-order chi connectivity index (χ0) is 15.0. The van der Waals surface area contributed by atoms with Crippen molar-refractivity contribution in [3.63, 3.8) is 0 Å². The van der Waals surface area contributed by atoms with E-state index in [9.17, 15) is 9.90 Å². The van der Waals surface area contributed by atoms with Crippen molar-refractivity contribution in [3.8, 4) is 5.75 Å². The zero-order valence-electron chi connectivity index (χ0n) is 12.0. The number of phenols is 1. The Morgan fingerprint density at radius 1 is 1.05 bits per heavy atom. The fourth-order valence-corrected chi connectivity index (χ4v) is 2.81. The summed E-state index contributed by atoms with van der Waals surface area (Å²) in [5.74, 6) is -0.175. The molecule has 1 N–H and O–H groups in total. The lowest BCUT2D eigenvalue weighted by Gasteiger charge is -2.29. The third-order valence-electron chi connectivity index (χ3n) is 3.79. The van der Waals surface area contributed by atoms with E-state index in [-0.39, 0.29) is 11.7 Å². The first-order chi connectivity index (χ1) is 10.0. The molecule has 2 aromatic carbocycles. The molecule has 1 aliphatic heterocycles. The van der Waals surface area contributed by atoms with Crippen LogP contribution in [-0.2, 0) is 15.1 Å². The van der Waals surface area contributed by atoms with E-state index in [1.807, 2.05) is 26.0 Å². The second-order valence-electron chi connectivity index (χ2n) is 5.36. The van der Waals surface area contributed by atoms with E-state index in [2.05, 4.69) is 6.07 Å². The Kier molecular flexibility index (Phi) is 3.05. The molecule has 0 fully saturated rings. The number of ether oxygens (including phenoxy) is 1. The van der Waals surface area contributed by atoms with Gasteiger partial charge in [-0.15, -0.1) is 0 Å². The average molecular weight is 280 g/mol. The van der Waals surface area contributed by atoms with Gasteiger partial charge in [0.1, 0.15) is 5.75 Å². The Labute approximate surface area is 123 Å². The van der Waals surface area contributed by atoms with Crippen LogP contribution >= 0.6 is 0 Å². The van der Waals surface area contributed by atoms with Gasteiger partial charge in [-0.05, 0) is 37.6 Å². The van der Waals surface area contributed by atoms with Gasteiger partial charge in [0.15, 0.2) is 5.60 Å². The Bertz CT molecular complexity index is 729. The largest absolute Gasteiger partial charge is 0.508 e. The van der Waals surface area contributed by atoms with Crippen LogP contribution in [0.1, 0.15) is 22.3 Å². The fourth-order valence-electron chi connectivity index (χ4n) is 2.81. The predicted molar refractivity (Wildman–Crippen MR) is 80.0 cm³/mol. The second kappa shape index (κ2) is 4.77. The topological polar surface area (TPSA) is 46.5 Å². The van der Waals surface area contributed by atoms with Gasteiger partial charge < -0.3 is 9.84 Å². The van der Waals surface area contributed by atoms with E-state index in [0.717, 1.165) is 22.3 Å². The minimum Gasteiger partial charge on any atom is -0.508 e. The van der Waals surface area contributed by atoms with Crippen molar-refractivity contribution in [1.29, 1.82) is 0 Å². The van der Waals surface area contributed by atoms with Gasteiger partial charge in [-0.25, -0.2) is 4.79 Å². The van der Waals surface area contributed by atoms with E-state index < -0.39 is 5.60 Å². The Hall–Kier alpha value is -2.55. The maximum absolute atomic E-state index is 11.7. The summed E-state index contributed by atoms with van der Waals surface area (Å²) in [5, 5.41) is 9.47.